The Bertz CT molecular complexity index is 569. The van der Waals surface area contributed by atoms with Gasteiger partial charge >= 0.3 is 0 Å². The Morgan fingerprint density at radius 3 is 2.72 bits per heavy atom. The topological polar surface area (TPSA) is 42.4 Å². The van der Waals surface area contributed by atoms with Gasteiger partial charge in [0.2, 0.25) is 5.06 Å². The van der Waals surface area contributed by atoms with Gasteiger partial charge in [0.25, 0.3) is 6.47 Å². The van der Waals surface area contributed by atoms with Crippen LogP contribution in [-0.4, -0.2) is 25.6 Å². The summed E-state index contributed by atoms with van der Waals surface area (Å²) in [7, 11) is 3.75. The van der Waals surface area contributed by atoms with E-state index in [1.54, 1.807) is 6.07 Å². The molecule has 0 N–H and O–H groups in total. The molecule has 0 fully saturated rings. The third-order valence-corrected chi connectivity index (χ3v) is 3.70. The lowest BCUT2D eigenvalue weighted by Crippen LogP contribution is -2.07. The van der Waals surface area contributed by atoms with Crippen LogP contribution in [0.4, 0.5) is 5.13 Å². The first-order valence-corrected chi connectivity index (χ1v) is 6.36. The maximum absolute atomic E-state index is 10.5. The molecule has 4 nitrogen and oxygen atoms in total. The summed E-state index contributed by atoms with van der Waals surface area (Å²) in [5, 5.41) is 1.77. The molecule has 0 aliphatic rings. The van der Waals surface area contributed by atoms with Gasteiger partial charge in [-0.1, -0.05) is 41.1 Å². The molecule has 0 amide bonds. The molecule has 0 radical (unpaired) electrons. The molecular formula is C12H11ClN2O2S. The van der Waals surface area contributed by atoms with Crippen LogP contribution in [0.5, 0.6) is 5.06 Å². The van der Waals surface area contributed by atoms with Crippen molar-refractivity contribution in [3.8, 4) is 16.3 Å². The SMILES string of the molecule is CN(C)c1nc(-c2ccccc2Cl)c(OC=O)s1. The molecule has 0 saturated heterocycles. The molecule has 6 heteroatoms. The first kappa shape index (κ1) is 12.9. The van der Waals surface area contributed by atoms with Crippen molar-refractivity contribution >= 4 is 34.5 Å². The average Bonchev–Trinajstić information content (AvgIpc) is 2.74. The van der Waals surface area contributed by atoms with Crippen LogP contribution < -0.4 is 9.64 Å². The minimum atomic E-state index is 0.396. The molecule has 2 aromatic rings. The van der Waals surface area contributed by atoms with Gasteiger partial charge in [0.05, 0.1) is 5.02 Å². The Morgan fingerprint density at radius 1 is 1.39 bits per heavy atom. The Kier molecular flexibility index (Phi) is 3.84. The van der Waals surface area contributed by atoms with Crippen LogP contribution in [0.1, 0.15) is 0 Å². The molecule has 0 aliphatic carbocycles. The number of benzene rings is 1. The first-order chi connectivity index (χ1) is 8.63. The van der Waals surface area contributed by atoms with E-state index in [2.05, 4.69) is 4.98 Å². The molecular weight excluding hydrogens is 272 g/mol. The number of halogens is 1. The quantitative estimate of drug-likeness (QED) is 0.808. The zero-order chi connectivity index (χ0) is 13.1. The van der Waals surface area contributed by atoms with Gasteiger partial charge < -0.3 is 9.64 Å². The number of nitrogens with zero attached hydrogens (tertiary/aromatic N) is 2. The average molecular weight is 283 g/mol. The number of ether oxygens (including phenoxy) is 1. The van der Waals surface area contributed by atoms with Gasteiger partial charge in [0.1, 0.15) is 5.69 Å². The highest BCUT2D eigenvalue weighted by atomic mass is 35.5. The van der Waals surface area contributed by atoms with Crippen molar-refractivity contribution in [1.29, 1.82) is 0 Å². The molecule has 94 valence electrons. The fourth-order valence-electron chi connectivity index (χ4n) is 1.43. The number of hydrogen-bond acceptors (Lipinski definition) is 5. The van der Waals surface area contributed by atoms with Crippen LogP contribution in [-0.2, 0) is 4.79 Å². The zero-order valence-electron chi connectivity index (χ0n) is 9.88. The molecule has 0 unspecified atom stereocenters. The number of aromatic nitrogens is 1. The Hall–Kier alpha value is -1.59. The molecule has 0 aliphatic heterocycles. The third-order valence-electron chi connectivity index (χ3n) is 2.25. The second kappa shape index (κ2) is 5.37. The number of hydrogen-bond donors (Lipinski definition) is 0. The van der Waals surface area contributed by atoms with Gasteiger partial charge in [-0.25, -0.2) is 4.98 Å². The van der Waals surface area contributed by atoms with E-state index in [9.17, 15) is 4.79 Å². The van der Waals surface area contributed by atoms with Gasteiger partial charge in [0.15, 0.2) is 5.13 Å². The highest BCUT2D eigenvalue weighted by molar-refractivity contribution is 7.17. The summed E-state index contributed by atoms with van der Waals surface area (Å²) in [6.45, 7) is 0.396. The van der Waals surface area contributed by atoms with Crippen molar-refractivity contribution in [1.82, 2.24) is 4.98 Å². The molecule has 2 rings (SSSR count). The van der Waals surface area contributed by atoms with Gasteiger partial charge in [-0.3, -0.25) is 4.79 Å². The highest BCUT2D eigenvalue weighted by Crippen LogP contribution is 2.41. The fraction of sp³-hybridized carbons (Fsp3) is 0.167. The van der Waals surface area contributed by atoms with Crippen LogP contribution in [0.3, 0.4) is 0 Å². The van der Waals surface area contributed by atoms with E-state index < -0.39 is 0 Å². The molecule has 1 heterocycles. The molecule has 1 aromatic carbocycles. The van der Waals surface area contributed by atoms with Crippen LogP contribution in [0.15, 0.2) is 24.3 Å². The molecule has 1 aromatic heterocycles. The standard InChI is InChI=1S/C12H11ClN2O2S/c1-15(2)12-14-10(11(18-12)17-7-16)8-5-3-4-6-9(8)13/h3-7H,1-2H3. The smallest absolute Gasteiger partial charge is 0.299 e. The predicted octanol–water partition coefficient (Wildman–Crippen LogP) is 3.06. The summed E-state index contributed by atoms with van der Waals surface area (Å²) >= 11 is 7.43. The van der Waals surface area contributed by atoms with Gasteiger partial charge in [-0.2, -0.15) is 0 Å². The number of rotatable bonds is 4. The summed E-state index contributed by atoms with van der Waals surface area (Å²) in [6, 6.07) is 7.32. The summed E-state index contributed by atoms with van der Waals surface area (Å²) < 4.78 is 4.97. The monoisotopic (exact) mass is 282 g/mol. The van der Waals surface area contributed by atoms with E-state index in [-0.39, 0.29) is 0 Å². The lowest BCUT2D eigenvalue weighted by atomic mass is 10.2. The maximum atomic E-state index is 10.5. The van der Waals surface area contributed by atoms with Crippen molar-refractivity contribution < 1.29 is 9.53 Å². The van der Waals surface area contributed by atoms with Crippen LogP contribution in [0, 0.1) is 0 Å². The van der Waals surface area contributed by atoms with Gasteiger partial charge in [-0.15, -0.1) is 0 Å². The molecule has 0 spiro atoms. The highest BCUT2D eigenvalue weighted by Gasteiger charge is 2.17. The van der Waals surface area contributed by atoms with Gasteiger partial charge in [-0.05, 0) is 6.07 Å². The van der Waals surface area contributed by atoms with E-state index >= 15 is 0 Å². The normalized spacial score (nSPS) is 10.2. The first-order valence-electron chi connectivity index (χ1n) is 5.17. The summed E-state index contributed by atoms with van der Waals surface area (Å²) in [5.41, 5.74) is 1.33. The largest absolute Gasteiger partial charge is 0.415 e. The van der Waals surface area contributed by atoms with Crippen molar-refractivity contribution in [3.63, 3.8) is 0 Å². The number of anilines is 1. The second-order valence-electron chi connectivity index (χ2n) is 3.72. The van der Waals surface area contributed by atoms with Crippen molar-refractivity contribution in [2.45, 2.75) is 0 Å². The number of thiazole rings is 1. The number of carbonyl (C=O) groups excluding carboxylic acids is 1. The number of carbonyl (C=O) groups is 1. The van der Waals surface area contributed by atoms with E-state index in [0.29, 0.717) is 22.3 Å². The molecule has 0 atom stereocenters. The van der Waals surface area contributed by atoms with Crippen molar-refractivity contribution in [3.05, 3.63) is 29.3 Å². The zero-order valence-corrected chi connectivity index (χ0v) is 11.5. The second-order valence-corrected chi connectivity index (χ2v) is 5.07. The molecule has 0 bridgehead atoms. The van der Waals surface area contributed by atoms with E-state index in [4.69, 9.17) is 16.3 Å². The van der Waals surface area contributed by atoms with Crippen LogP contribution in [0.2, 0.25) is 5.02 Å². The minimum absolute atomic E-state index is 0.396. The molecule has 18 heavy (non-hydrogen) atoms. The lowest BCUT2D eigenvalue weighted by molar-refractivity contribution is -0.120. The third kappa shape index (κ3) is 2.47. The van der Waals surface area contributed by atoms with Crippen molar-refractivity contribution in [2.24, 2.45) is 0 Å². The summed E-state index contributed by atoms with van der Waals surface area (Å²) in [6.07, 6.45) is 0. The minimum Gasteiger partial charge on any atom is -0.415 e. The van der Waals surface area contributed by atoms with E-state index in [1.165, 1.54) is 11.3 Å². The fourth-order valence-corrected chi connectivity index (χ4v) is 2.48. The Balaban J connectivity index is 2.55. The Labute approximate surface area is 114 Å². The predicted molar refractivity (Wildman–Crippen MR) is 73.6 cm³/mol. The Morgan fingerprint density at radius 2 is 2.11 bits per heavy atom. The summed E-state index contributed by atoms with van der Waals surface area (Å²) in [5.74, 6) is 0. The van der Waals surface area contributed by atoms with E-state index in [1.807, 2.05) is 37.2 Å². The van der Waals surface area contributed by atoms with Crippen molar-refractivity contribution in [2.75, 3.05) is 19.0 Å². The van der Waals surface area contributed by atoms with E-state index in [0.717, 1.165) is 10.7 Å². The lowest BCUT2D eigenvalue weighted by Gasteiger charge is -2.05. The van der Waals surface area contributed by atoms with Crippen LogP contribution >= 0.6 is 22.9 Å². The molecule has 0 saturated carbocycles. The van der Waals surface area contributed by atoms with Gasteiger partial charge in [0, 0.05) is 19.7 Å². The maximum Gasteiger partial charge on any atom is 0.299 e. The summed E-state index contributed by atoms with van der Waals surface area (Å²) in [4.78, 5) is 16.8. The van der Waals surface area contributed by atoms with Crippen LogP contribution in [0.25, 0.3) is 11.3 Å².